The standard InChI is InChI=1S/C12H16O4S/c1-14-5-6-15-7-8-16-12(13)10-3-2-4-11(17)9-10/h2-4,9,17H,5-8H2,1H3. The van der Waals surface area contributed by atoms with Gasteiger partial charge in [0.2, 0.25) is 0 Å². The molecule has 0 aliphatic heterocycles. The number of benzene rings is 1. The maximum atomic E-state index is 11.5. The van der Waals surface area contributed by atoms with Crippen LogP contribution in [0.2, 0.25) is 0 Å². The van der Waals surface area contributed by atoms with E-state index in [4.69, 9.17) is 14.2 Å². The van der Waals surface area contributed by atoms with E-state index >= 15 is 0 Å². The van der Waals surface area contributed by atoms with Crippen molar-refractivity contribution in [1.29, 1.82) is 0 Å². The fraction of sp³-hybridized carbons (Fsp3) is 0.417. The van der Waals surface area contributed by atoms with E-state index in [1.54, 1.807) is 31.4 Å². The second-order valence-electron chi connectivity index (χ2n) is 3.29. The highest BCUT2D eigenvalue weighted by molar-refractivity contribution is 7.80. The van der Waals surface area contributed by atoms with Crippen LogP contribution in [0.25, 0.3) is 0 Å². The first-order chi connectivity index (χ1) is 8.24. The number of rotatable bonds is 7. The maximum absolute atomic E-state index is 11.5. The lowest BCUT2D eigenvalue weighted by Crippen LogP contribution is -2.12. The minimum Gasteiger partial charge on any atom is -0.460 e. The molecule has 1 aromatic rings. The summed E-state index contributed by atoms with van der Waals surface area (Å²) in [7, 11) is 1.60. The fourth-order valence-electron chi connectivity index (χ4n) is 1.15. The third-order valence-corrected chi connectivity index (χ3v) is 2.25. The van der Waals surface area contributed by atoms with Crippen LogP contribution < -0.4 is 0 Å². The molecule has 0 N–H and O–H groups in total. The Labute approximate surface area is 106 Å². The summed E-state index contributed by atoms with van der Waals surface area (Å²) in [6.07, 6.45) is 0. The van der Waals surface area contributed by atoms with Crippen molar-refractivity contribution in [2.75, 3.05) is 33.5 Å². The van der Waals surface area contributed by atoms with Crippen molar-refractivity contribution >= 4 is 18.6 Å². The van der Waals surface area contributed by atoms with Crippen LogP contribution in [-0.2, 0) is 14.2 Å². The summed E-state index contributed by atoms with van der Waals surface area (Å²) in [6, 6.07) is 6.91. The summed E-state index contributed by atoms with van der Waals surface area (Å²) in [5.74, 6) is -0.365. The number of carbonyl (C=O) groups excluding carboxylic acids is 1. The number of thiol groups is 1. The second-order valence-corrected chi connectivity index (χ2v) is 3.81. The van der Waals surface area contributed by atoms with E-state index < -0.39 is 0 Å². The van der Waals surface area contributed by atoms with Crippen LogP contribution in [0.5, 0.6) is 0 Å². The molecule has 0 saturated heterocycles. The Balaban J connectivity index is 2.21. The predicted molar refractivity (Wildman–Crippen MR) is 66.7 cm³/mol. The monoisotopic (exact) mass is 256 g/mol. The first-order valence-electron chi connectivity index (χ1n) is 5.27. The van der Waals surface area contributed by atoms with E-state index in [0.717, 1.165) is 4.90 Å². The zero-order valence-corrected chi connectivity index (χ0v) is 10.6. The van der Waals surface area contributed by atoms with Crippen LogP contribution in [0.3, 0.4) is 0 Å². The average molecular weight is 256 g/mol. The van der Waals surface area contributed by atoms with Gasteiger partial charge in [-0.2, -0.15) is 0 Å². The topological polar surface area (TPSA) is 44.8 Å². The van der Waals surface area contributed by atoms with Gasteiger partial charge in [-0.15, -0.1) is 12.6 Å². The largest absolute Gasteiger partial charge is 0.460 e. The number of ether oxygens (including phenoxy) is 3. The molecule has 5 heteroatoms. The van der Waals surface area contributed by atoms with Crippen LogP contribution in [0, 0.1) is 0 Å². The van der Waals surface area contributed by atoms with E-state index in [-0.39, 0.29) is 12.6 Å². The zero-order valence-electron chi connectivity index (χ0n) is 9.72. The third kappa shape index (κ3) is 5.72. The van der Waals surface area contributed by atoms with Crippen molar-refractivity contribution in [2.24, 2.45) is 0 Å². The lowest BCUT2D eigenvalue weighted by atomic mass is 10.2. The minimum absolute atomic E-state index is 0.235. The van der Waals surface area contributed by atoms with Gasteiger partial charge in [-0.1, -0.05) is 6.07 Å². The van der Waals surface area contributed by atoms with Crippen LogP contribution >= 0.6 is 12.6 Å². The van der Waals surface area contributed by atoms with Gasteiger partial charge in [0.25, 0.3) is 0 Å². The van der Waals surface area contributed by atoms with Gasteiger partial charge >= 0.3 is 5.97 Å². The summed E-state index contributed by atoms with van der Waals surface area (Å²) < 4.78 is 15.0. The Morgan fingerprint density at radius 2 is 2.00 bits per heavy atom. The molecule has 0 unspecified atom stereocenters. The molecule has 1 aromatic carbocycles. The van der Waals surface area contributed by atoms with Crippen LogP contribution in [0.4, 0.5) is 0 Å². The van der Waals surface area contributed by atoms with Gasteiger partial charge in [0.05, 0.1) is 25.4 Å². The molecule has 0 saturated carbocycles. The molecule has 0 heterocycles. The highest BCUT2D eigenvalue weighted by Crippen LogP contribution is 2.09. The molecule has 0 spiro atoms. The molecule has 0 aromatic heterocycles. The van der Waals surface area contributed by atoms with Crippen molar-refractivity contribution in [3.8, 4) is 0 Å². The fourth-order valence-corrected chi connectivity index (χ4v) is 1.38. The first kappa shape index (κ1) is 14.0. The summed E-state index contributed by atoms with van der Waals surface area (Å²) in [6.45, 7) is 1.64. The summed E-state index contributed by atoms with van der Waals surface area (Å²) in [5.41, 5.74) is 0.495. The number of esters is 1. The molecule has 0 radical (unpaired) electrons. The molecular weight excluding hydrogens is 240 g/mol. The van der Waals surface area contributed by atoms with Gasteiger partial charge in [0, 0.05) is 12.0 Å². The summed E-state index contributed by atoms with van der Waals surface area (Å²) in [4.78, 5) is 12.3. The van der Waals surface area contributed by atoms with Crippen molar-refractivity contribution in [1.82, 2.24) is 0 Å². The van der Waals surface area contributed by atoms with Crippen molar-refractivity contribution in [2.45, 2.75) is 4.90 Å². The molecule has 17 heavy (non-hydrogen) atoms. The second kappa shape index (κ2) is 8.11. The van der Waals surface area contributed by atoms with Crippen LogP contribution in [0.1, 0.15) is 10.4 Å². The first-order valence-corrected chi connectivity index (χ1v) is 5.71. The van der Waals surface area contributed by atoms with Gasteiger partial charge in [0.1, 0.15) is 6.61 Å². The van der Waals surface area contributed by atoms with Crippen LogP contribution in [-0.4, -0.2) is 39.5 Å². The van der Waals surface area contributed by atoms with Gasteiger partial charge in [0.15, 0.2) is 0 Å². The minimum atomic E-state index is -0.365. The number of hydrogen-bond acceptors (Lipinski definition) is 5. The van der Waals surface area contributed by atoms with Gasteiger partial charge in [-0.3, -0.25) is 0 Å². The molecular formula is C12H16O4S. The van der Waals surface area contributed by atoms with Crippen molar-refractivity contribution < 1.29 is 19.0 Å². The average Bonchev–Trinajstić information content (AvgIpc) is 2.33. The number of hydrogen-bond donors (Lipinski definition) is 1. The Morgan fingerprint density at radius 1 is 1.24 bits per heavy atom. The molecule has 0 atom stereocenters. The molecule has 0 fully saturated rings. The normalized spacial score (nSPS) is 10.2. The Morgan fingerprint density at radius 3 is 2.71 bits per heavy atom. The maximum Gasteiger partial charge on any atom is 0.338 e. The summed E-state index contributed by atoms with van der Waals surface area (Å²) in [5, 5.41) is 0. The smallest absolute Gasteiger partial charge is 0.338 e. The quantitative estimate of drug-likeness (QED) is 0.459. The highest BCUT2D eigenvalue weighted by Gasteiger charge is 2.06. The molecule has 4 nitrogen and oxygen atoms in total. The molecule has 0 bridgehead atoms. The van der Waals surface area contributed by atoms with Gasteiger partial charge in [-0.25, -0.2) is 4.79 Å². The lowest BCUT2D eigenvalue weighted by molar-refractivity contribution is 0.0213. The molecule has 0 aliphatic carbocycles. The van der Waals surface area contributed by atoms with Gasteiger partial charge in [-0.05, 0) is 18.2 Å². The van der Waals surface area contributed by atoms with Crippen molar-refractivity contribution in [3.05, 3.63) is 29.8 Å². The molecule has 94 valence electrons. The number of methoxy groups -OCH3 is 1. The van der Waals surface area contributed by atoms with Crippen molar-refractivity contribution in [3.63, 3.8) is 0 Å². The molecule has 0 aliphatic rings. The van der Waals surface area contributed by atoms with E-state index in [0.29, 0.717) is 25.4 Å². The SMILES string of the molecule is COCCOCCOC(=O)c1cccc(S)c1. The Kier molecular flexibility index (Phi) is 6.69. The van der Waals surface area contributed by atoms with E-state index in [1.807, 2.05) is 0 Å². The van der Waals surface area contributed by atoms with E-state index in [2.05, 4.69) is 12.6 Å². The lowest BCUT2D eigenvalue weighted by Gasteiger charge is -2.06. The van der Waals surface area contributed by atoms with Crippen LogP contribution in [0.15, 0.2) is 29.2 Å². The van der Waals surface area contributed by atoms with Gasteiger partial charge < -0.3 is 14.2 Å². The Hall–Kier alpha value is -1.04. The number of carbonyl (C=O) groups is 1. The zero-order chi connectivity index (χ0) is 12.5. The van der Waals surface area contributed by atoms with E-state index in [1.165, 1.54) is 0 Å². The van der Waals surface area contributed by atoms with E-state index in [9.17, 15) is 4.79 Å². The predicted octanol–water partition coefficient (Wildman–Crippen LogP) is 1.80. The Bertz CT molecular complexity index is 354. The highest BCUT2D eigenvalue weighted by atomic mass is 32.1. The molecule has 1 rings (SSSR count). The molecule has 0 amide bonds. The summed E-state index contributed by atoms with van der Waals surface area (Å²) >= 11 is 4.15. The third-order valence-electron chi connectivity index (χ3n) is 1.97.